The summed E-state index contributed by atoms with van der Waals surface area (Å²) in [6.45, 7) is 2.86. The van der Waals surface area contributed by atoms with Gasteiger partial charge >= 0.3 is 5.97 Å². The van der Waals surface area contributed by atoms with Gasteiger partial charge in [-0.15, -0.1) is 0 Å². The first-order chi connectivity index (χ1) is 13.0. The molecule has 1 saturated heterocycles. The van der Waals surface area contributed by atoms with Crippen molar-refractivity contribution < 1.29 is 24.2 Å². The molecule has 142 valence electrons. The van der Waals surface area contributed by atoms with Crippen LogP contribution in [0.2, 0.25) is 0 Å². The predicted octanol–water partition coefficient (Wildman–Crippen LogP) is 3.68. The van der Waals surface area contributed by atoms with Crippen molar-refractivity contribution in [3.05, 3.63) is 59.7 Å². The minimum Gasteiger partial charge on any atom is -0.491 e. The second kappa shape index (κ2) is 8.68. The van der Waals surface area contributed by atoms with E-state index in [4.69, 9.17) is 14.6 Å². The molecule has 2 aromatic carbocycles. The Kier molecular flexibility index (Phi) is 6.08. The first-order valence-electron chi connectivity index (χ1n) is 9.01. The van der Waals surface area contributed by atoms with Crippen LogP contribution in [0.5, 0.6) is 5.75 Å². The largest absolute Gasteiger partial charge is 0.491 e. The van der Waals surface area contributed by atoms with E-state index in [1.165, 1.54) is 0 Å². The summed E-state index contributed by atoms with van der Waals surface area (Å²) >= 11 is 0. The van der Waals surface area contributed by atoms with E-state index in [0.717, 1.165) is 19.4 Å². The first kappa shape index (κ1) is 18.9. The van der Waals surface area contributed by atoms with Gasteiger partial charge in [0.05, 0.1) is 12.0 Å². The minimum absolute atomic E-state index is 0.112. The van der Waals surface area contributed by atoms with Crippen molar-refractivity contribution in [2.24, 2.45) is 0 Å². The molecule has 0 aromatic heterocycles. The third kappa shape index (κ3) is 5.08. The van der Waals surface area contributed by atoms with Crippen LogP contribution >= 0.6 is 0 Å². The summed E-state index contributed by atoms with van der Waals surface area (Å²) in [5.74, 6) is -1.21. The fraction of sp³-hybridized carbons (Fsp3) is 0.333. The predicted molar refractivity (Wildman–Crippen MR) is 101 cm³/mol. The molecule has 1 aliphatic heterocycles. The maximum Gasteiger partial charge on any atom is 0.310 e. The van der Waals surface area contributed by atoms with Crippen molar-refractivity contribution in [1.29, 1.82) is 0 Å². The molecule has 0 bridgehead atoms. The number of carbonyl (C=O) groups excluding carboxylic acids is 1. The Morgan fingerprint density at radius 3 is 2.81 bits per heavy atom. The van der Waals surface area contributed by atoms with Crippen LogP contribution in [0.1, 0.15) is 41.6 Å². The minimum atomic E-state index is -0.908. The molecule has 3 rings (SSSR count). The molecule has 27 heavy (non-hydrogen) atoms. The average Bonchev–Trinajstić information content (AvgIpc) is 3.20. The molecule has 1 amide bonds. The molecule has 0 radical (unpaired) electrons. The molecular formula is C21H23NO5. The molecule has 2 unspecified atom stereocenters. The summed E-state index contributed by atoms with van der Waals surface area (Å²) < 4.78 is 11.3. The topological polar surface area (TPSA) is 84.9 Å². The van der Waals surface area contributed by atoms with Gasteiger partial charge < -0.3 is 19.9 Å². The first-order valence-corrected chi connectivity index (χ1v) is 9.01. The van der Waals surface area contributed by atoms with Crippen LogP contribution < -0.4 is 10.1 Å². The molecule has 6 nitrogen and oxygen atoms in total. The number of hydrogen-bond donors (Lipinski definition) is 2. The number of anilines is 1. The normalized spacial score (nSPS) is 17.3. The van der Waals surface area contributed by atoms with Gasteiger partial charge in [0.2, 0.25) is 0 Å². The van der Waals surface area contributed by atoms with Crippen LogP contribution in [0.3, 0.4) is 0 Å². The van der Waals surface area contributed by atoms with Crippen LogP contribution in [-0.4, -0.2) is 36.3 Å². The van der Waals surface area contributed by atoms with Gasteiger partial charge in [-0.25, -0.2) is 0 Å². The van der Waals surface area contributed by atoms with Crippen LogP contribution in [0, 0.1) is 0 Å². The molecule has 2 N–H and O–H groups in total. The maximum atomic E-state index is 12.5. The van der Waals surface area contributed by atoms with E-state index in [-0.39, 0.29) is 12.0 Å². The molecule has 0 aliphatic carbocycles. The lowest BCUT2D eigenvalue weighted by molar-refractivity contribution is -0.138. The van der Waals surface area contributed by atoms with Gasteiger partial charge in [-0.3, -0.25) is 9.59 Å². The van der Waals surface area contributed by atoms with Crippen LogP contribution in [-0.2, 0) is 9.53 Å². The average molecular weight is 369 g/mol. The number of nitrogens with one attached hydrogen (secondary N) is 1. The van der Waals surface area contributed by atoms with Crippen molar-refractivity contribution in [3.63, 3.8) is 0 Å². The van der Waals surface area contributed by atoms with Crippen molar-refractivity contribution in [2.45, 2.75) is 31.8 Å². The van der Waals surface area contributed by atoms with Crippen LogP contribution in [0.15, 0.2) is 48.5 Å². The van der Waals surface area contributed by atoms with Crippen molar-refractivity contribution in [3.8, 4) is 5.75 Å². The molecule has 2 atom stereocenters. The van der Waals surface area contributed by atoms with E-state index >= 15 is 0 Å². The number of rotatable bonds is 7. The summed E-state index contributed by atoms with van der Waals surface area (Å²) in [7, 11) is 0. The summed E-state index contributed by atoms with van der Waals surface area (Å²) in [4.78, 5) is 23.7. The number of amides is 1. The van der Waals surface area contributed by atoms with Crippen LogP contribution in [0.25, 0.3) is 0 Å². The second-order valence-electron chi connectivity index (χ2n) is 6.61. The maximum absolute atomic E-state index is 12.5. The Morgan fingerprint density at radius 1 is 1.26 bits per heavy atom. The number of carboxylic acid groups (broad SMARTS) is 1. The van der Waals surface area contributed by atoms with E-state index in [9.17, 15) is 9.59 Å². The fourth-order valence-corrected chi connectivity index (χ4v) is 2.92. The third-order valence-electron chi connectivity index (χ3n) is 4.57. The highest BCUT2D eigenvalue weighted by atomic mass is 16.5. The van der Waals surface area contributed by atoms with E-state index in [0.29, 0.717) is 29.2 Å². The Morgan fingerprint density at radius 2 is 2.07 bits per heavy atom. The van der Waals surface area contributed by atoms with Crippen molar-refractivity contribution >= 4 is 17.6 Å². The standard InChI is InChI=1S/C21H23NO5/c1-14(21(24)25)15-5-2-7-17(11-15)22-20(23)16-6-3-8-18(12-16)27-13-19-9-4-10-26-19/h2-3,5-8,11-12,14,19H,4,9-10,13H2,1H3,(H,22,23)(H,24,25). The van der Waals surface area contributed by atoms with Gasteiger partial charge in [-0.2, -0.15) is 0 Å². The molecule has 6 heteroatoms. The second-order valence-corrected chi connectivity index (χ2v) is 6.61. The molecule has 2 aromatic rings. The summed E-state index contributed by atoms with van der Waals surface area (Å²) in [6, 6.07) is 13.8. The highest BCUT2D eigenvalue weighted by Crippen LogP contribution is 2.21. The quantitative estimate of drug-likeness (QED) is 0.778. The molecular weight excluding hydrogens is 346 g/mol. The smallest absolute Gasteiger partial charge is 0.310 e. The zero-order chi connectivity index (χ0) is 19.2. The SMILES string of the molecule is CC(C(=O)O)c1cccc(NC(=O)c2cccc(OCC3CCCO3)c2)c1. The lowest BCUT2D eigenvalue weighted by atomic mass is 10.0. The fourth-order valence-electron chi connectivity index (χ4n) is 2.92. The number of ether oxygens (including phenoxy) is 2. The molecule has 0 saturated carbocycles. The van der Waals surface area contributed by atoms with Crippen molar-refractivity contribution in [2.75, 3.05) is 18.5 Å². The Balaban J connectivity index is 1.64. The highest BCUT2D eigenvalue weighted by molar-refractivity contribution is 6.04. The summed E-state index contributed by atoms with van der Waals surface area (Å²) in [5.41, 5.74) is 1.65. The lowest BCUT2D eigenvalue weighted by Gasteiger charge is -2.13. The molecule has 1 aliphatic rings. The number of benzene rings is 2. The number of carboxylic acids is 1. The van der Waals surface area contributed by atoms with Gasteiger partial charge in [0.1, 0.15) is 12.4 Å². The molecule has 1 fully saturated rings. The van der Waals surface area contributed by atoms with E-state index in [1.807, 2.05) is 0 Å². The zero-order valence-corrected chi connectivity index (χ0v) is 15.2. The Labute approximate surface area is 158 Å². The monoisotopic (exact) mass is 369 g/mol. The van der Waals surface area contributed by atoms with E-state index in [2.05, 4.69) is 5.32 Å². The number of carbonyl (C=O) groups is 2. The number of hydrogen-bond acceptors (Lipinski definition) is 4. The van der Waals surface area contributed by atoms with Gasteiger partial charge in [0, 0.05) is 17.9 Å². The number of aliphatic carboxylic acids is 1. The third-order valence-corrected chi connectivity index (χ3v) is 4.57. The van der Waals surface area contributed by atoms with Gasteiger partial charge in [0.15, 0.2) is 0 Å². The van der Waals surface area contributed by atoms with Crippen molar-refractivity contribution in [1.82, 2.24) is 0 Å². The molecule has 1 heterocycles. The Bertz CT molecular complexity index is 814. The zero-order valence-electron chi connectivity index (χ0n) is 15.2. The van der Waals surface area contributed by atoms with E-state index < -0.39 is 11.9 Å². The highest BCUT2D eigenvalue weighted by Gasteiger charge is 2.17. The van der Waals surface area contributed by atoms with Gasteiger partial charge in [-0.1, -0.05) is 18.2 Å². The lowest BCUT2D eigenvalue weighted by Crippen LogP contribution is -2.17. The summed E-state index contributed by atoms with van der Waals surface area (Å²) in [5, 5.41) is 11.9. The van der Waals surface area contributed by atoms with Gasteiger partial charge in [0.25, 0.3) is 5.91 Å². The Hall–Kier alpha value is -2.86. The van der Waals surface area contributed by atoms with Gasteiger partial charge in [-0.05, 0) is 55.7 Å². The van der Waals surface area contributed by atoms with Crippen LogP contribution in [0.4, 0.5) is 5.69 Å². The summed E-state index contributed by atoms with van der Waals surface area (Å²) in [6.07, 6.45) is 2.16. The molecule has 0 spiro atoms. The van der Waals surface area contributed by atoms with E-state index in [1.54, 1.807) is 55.5 Å².